The second kappa shape index (κ2) is 5.85. The Labute approximate surface area is 98.4 Å². The van der Waals surface area contributed by atoms with E-state index in [2.05, 4.69) is 33.2 Å². The molecule has 1 N–H and O–H groups in total. The van der Waals surface area contributed by atoms with Crippen LogP contribution in [0.25, 0.3) is 0 Å². The van der Waals surface area contributed by atoms with E-state index in [0.29, 0.717) is 11.0 Å². The zero-order valence-electron chi connectivity index (χ0n) is 9.01. The van der Waals surface area contributed by atoms with E-state index in [4.69, 9.17) is 0 Å². The van der Waals surface area contributed by atoms with Gasteiger partial charge in [0.2, 0.25) is 5.91 Å². The molecule has 0 saturated heterocycles. The Morgan fingerprint density at radius 2 is 2.33 bits per heavy atom. The average Bonchev–Trinajstić information content (AvgIpc) is 2.20. The maximum absolute atomic E-state index is 11.5. The van der Waals surface area contributed by atoms with Gasteiger partial charge in [-0.2, -0.15) is 0 Å². The molecule has 0 atom stereocenters. The second-order valence-electron chi connectivity index (χ2n) is 3.50. The molecule has 1 aromatic rings. The molecule has 4 heteroatoms. The van der Waals surface area contributed by atoms with Crippen molar-refractivity contribution in [2.24, 2.45) is 0 Å². The molecule has 0 aliphatic rings. The van der Waals surface area contributed by atoms with Crippen molar-refractivity contribution >= 4 is 27.5 Å². The van der Waals surface area contributed by atoms with Crippen molar-refractivity contribution < 1.29 is 4.79 Å². The van der Waals surface area contributed by atoms with Crippen LogP contribution in [0.4, 0.5) is 5.69 Å². The Kier molecular flexibility index (Phi) is 4.75. The third kappa shape index (κ3) is 4.00. The highest BCUT2D eigenvalue weighted by Crippen LogP contribution is 2.20. The van der Waals surface area contributed by atoms with E-state index in [0.717, 1.165) is 24.1 Å². The highest BCUT2D eigenvalue weighted by Gasteiger charge is 2.05. The Morgan fingerprint density at radius 3 is 3.00 bits per heavy atom. The standard InChI is InChI=1S/C11H15BrN2O/c1-3-4-5-10(15)14-9-6-8(2)7-13-11(9)12/h6-7H,3-5H2,1-2H3,(H,14,15). The smallest absolute Gasteiger partial charge is 0.224 e. The van der Waals surface area contributed by atoms with Gasteiger partial charge in [0.25, 0.3) is 0 Å². The van der Waals surface area contributed by atoms with Crippen LogP contribution < -0.4 is 5.32 Å². The Hall–Kier alpha value is -0.900. The third-order valence-electron chi connectivity index (χ3n) is 2.01. The molecule has 15 heavy (non-hydrogen) atoms. The molecule has 0 saturated carbocycles. The number of nitrogens with zero attached hydrogens (tertiary/aromatic N) is 1. The minimum atomic E-state index is 0.0463. The molecule has 1 rings (SSSR count). The van der Waals surface area contributed by atoms with Gasteiger partial charge in [-0.15, -0.1) is 0 Å². The van der Waals surface area contributed by atoms with Crippen molar-refractivity contribution in [2.75, 3.05) is 5.32 Å². The van der Waals surface area contributed by atoms with Crippen LogP contribution in [0.5, 0.6) is 0 Å². The molecule has 0 unspecified atom stereocenters. The monoisotopic (exact) mass is 270 g/mol. The third-order valence-corrected chi connectivity index (χ3v) is 2.64. The molecule has 0 spiro atoms. The van der Waals surface area contributed by atoms with Crippen LogP contribution in [0.3, 0.4) is 0 Å². The first-order valence-electron chi connectivity index (χ1n) is 5.05. The molecule has 3 nitrogen and oxygen atoms in total. The molecular weight excluding hydrogens is 256 g/mol. The Balaban J connectivity index is 2.63. The maximum atomic E-state index is 11.5. The highest BCUT2D eigenvalue weighted by atomic mass is 79.9. The largest absolute Gasteiger partial charge is 0.324 e. The number of anilines is 1. The van der Waals surface area contributed by atoms with E-state index < -0.39 is 0 Å². The molecule has 0 bridgehead atoms. The van der Waals surface area contributed by atoms with Gasteiger partial charge in [0.1, 0.15) is 4.60 Å². The van der Waals surface area contributed by atoms with E-state index in [1.165, 1.54) is 0 Å². The minimum Gasteiger partial charge on any atom is -0.324 e. The van der Waals surface area contributed by atoms with E-state index in [-0.39, 0.29) is 5.91 Å². The number of carbonyl (C=O) groups excluding carboxylic acids is 1. The fraction of sp³-hybridized carbons (Fsp3) is 0.455. The molecule has 1 heterocycles. The average molecular weight is 271 g/mol. The van der Waals surface area contributed by atoms with Gasteiger partial charge in [-0.25, -0.2) is 4.98 Å². The molecule has 82 valence electrons. The maximum Gasteiger partial charge on any atom is 0.224 e. The van der Waals surface area contributed by atoms with Gasteiger partial charge in [-0.05, 0) is 40.9 Å². The summed E-state index contributed by atoms with van der Waals surface area (Å²) in [6.07, 6.45) is 4.27. The molecule has 1 amide bonds. The lowest BCUT2D eigenvalue weighted by Crippen LogP contribution is -2.11. The van der Waals surface area contributed by atoms with Crippen LogP contribution in [0.15, 0.2) is 16.9 Å². The number of aryl methyl sites for hydroxylation is 1. The number of pyridine rings is 1. The van der Waals surface area contributed by atoms with E-state index in [1.54, 1.807) is 6.20 Å². The van der Waals surface area contributed by atoms with E-state index in [9.17, 15) is 4.79 Å². The van der Waals surface area contributed by atoms with Gasteiger partial charge < -0.3 is 5.32 Å². The van der Waals surface area contributed by atoms with Crippen molar-refractivity contribution in [3.63, 3.8) is 0 Å². The number of hydrogen-bond acceptors (Lipinski definition) is 2. The van der Waals surface area contributed by atoms with E-state index in [1.807, 2.05) is 13.0 Å². The first-order chi connectivity index (χ1) is 7.13. The molecule has 0 aromatic carbocycles. The Bertz CT molecular complexity index is 352. The topological polar surface area (TPSA) is 42.0 Å². The summed E-state index contributed by atoms with van der Waals surface area (Å²) >= 11 is 3.30. The van der Waals surface area contributed by atoms with E-state index >= 15 is 0 Å². The lowest BCUT2D eigenvalue weighted by molar-refractivity contribution is -0.116. The van der Waals surface area contributed by atoms with Crippen LogP contribution >= 0.6 is 15.9 Å². The summed E-state index contributed by atoms with van der Waals surface area (Å²) in [5, 5.41) is 2.84. The lowest BCUT2D eigenvalue weighted by Gasteiger charge is -2.06. The van der Waals surface area contributed by atoms with Gasteiger partial charge in [-0.3, -0.25) is 4.79 Å². The van der Waals surface area contributed by atoms with Gasteiger partial charge in [-0.1, -0.05) is 13.3 Å². The van der Waals surface area contributed by atoms with Crippen molar-refractivity contribution in [1.82, 2.24) is 4.98 Å². The first-order valence-corrected chi connectivity index (χ1v) is 5.84. The molecule has 0 radical (unpaired) electrons. The molecule has 0 aliphatic carbocycles. The quantitative estimate of drug-likeness (QED) is 0.854. The predicted octanol–water partition coefficient (Wildman–Crippen LogP) is 3.28. The van der Waals surface area contributed by atoms with Crippen molar-refractivity contribution in [3.05, 3.63) is 22.4 Å². The molecule has 0 aliphatic heterocycles. The summed E-state index contributed by atoms with van der Waals surface area (Å²) in [6.45, 7) is 4.01. The summed E-state index contributed by atoms with van der Waals surface area (Å²) in [4.78, 5) is 15.6. The fourth-order valence-corrected chi connectivity index (χ4v) is 1.51. The van der Waals surface area contributed by atoms with Gasteiger partial charge in [0, 0.05) is 12.6 Å². The van der Waals surface area contributed by atoms with Crippen LogP contribution in [-0.4, -0.2) is 10.9 Å². The molecule has 0 fully saturated rings. The molecule has 1 aromatic heterocycles. The summed E-state index contributed by atoms with van der Waals surface area (Å²) in [6, 6.07) is 1.90. The summed E-state index contributed by atoms with van der Waals surface area (Å²) < 4.78 is 0.679. The number of carbonyl (C=O) groups is 1. The van der Waals surface area contributed by atoms with Crippen LogP contribution in [0.1, 0.15) is 31.7 Å². The lowest BCUT2D eigenvalue weighted by atomic mass is 10.2. The first kappa shape index (κ1) is 12.2. The van der Waals surface area contributed by atoms with Gasteiger partial charge in [0.05, 0.1) is 5.69 Å². The number of aromatic nitrogens is 1. The predicted molar refractivity (Wildman–Crippen MR) is 64.8 cm³/mol. The number of unbranched alkanes of at least 4 members (excludes halogenated alkanes) is 1. The Morgan fingerprint density at radius 1 is 1.60 bits per heavy atom. The summed E-state index contributed by atoms with van der Waals surface area (Å²) in [5.41, 5.74) is 1.78. The fourth-order valence-electron chi connectivity index (χ4n) is 1.19. The minimum absolute atomic E-state index is 0.0463. The zero-order chi connectivity index (χ0) is 11.3. The van der Waals surface area contributed by atoms with Crippen molar-refractivity contribution in [3.8, 4) is 0 Å². The van der Waals surface area contributed by atoms with Crippen molar-refractivity contribution in [1.29, 1.82) is 0 Å². The van der Waals surface area contributed by atoms with Crippen LogP contribution in [0, 0.1) is 6.92 Å². The van der Waals surface area contributed by atoms with Gasteiger partial charge >= 0.3 is 0 Å². The van der Waals surface area contributed by atoms with Crippen LogP contribution in [0.2, 0.25) is 0 Å². The number of rotatable bonds is 4. The van der Waals surface area contributed by atoms with Crippen LogP contribution in [-0.2, 0) is 4.79 Å². The number of nitrogens with one attached hydrogen (secondary N) is 1. The normalized spacial score (nSPS) is 10.1. The number of halogens is 1. The summed E-state index contributed by atoms with van der Waals surface area (Å²) in [5.74, 6) is 0.0463. The second-order valence-corrected chi connectivity index (χ2v) is 4.25. The number of hydrogen-bond donors (Lipinski definition) is 1. The van der Waals surface area contributed by atoms with Crippen molar-refractivity contribution in [2.45, 2.75) is 33.1 Å². The van der Waals surface area contributed by atoms with Gasteiger partial charge in [0.15, 0.2) is 0 Å². The molecular formula is C11H15BrN2O. The highest BCUT2D eigenvalue weighted by molar-refractivity contribution is 9.10. The summed E-state index contributed by atoms with van der Waals surface area (Å²) in [7, 11) is 0. The SMILES string of the molecule is CCCCC(=O)Nc1cc(C)cnc1Br. The number of amides is 1. The zero-order valence-corrected chi connectivity index (χ0v) is 10.6.